The second-order valence-electron chi connectivity index (χ2n) is 7.98. The van der Waals surface area contributed by atoms with Crippen molar-refractivity contribution in [3.05, 3.63) is 59.6 Å². The minimum absolute atomic E-state index is 0.152. The Bertz CT molecular complexity index is 893. The van der Waals surface area contributed by atoms with Crippen LogP contribution in [0.15, 0.2) is 48.4 Å². The molecule has 1 saturated carbocycles. The van der Waals surface area contributed by atoms with Crippen molar-refractivity contribution in [3.63, 3.8) is 0 Å². The van der Waals surface area contributed by atoms with E-state index in [1.165, 1.54) is 63.4 Å². The Kier molecular flexibility index (Phi) is 5.70. The molecule has 2 aromatic rings. The van der Waals surface area contributed by atoms with E-state index in [1.807, 2.05) is 24.3 Å². The van der Waals surface area contributed by atoms with E-state index in [4.69, 9.17) is 10.7 Å². The summed E-state index contributed by atoms with van der Waals surface area (Å²) < 4.78 is 32.4. The van der Waals surface area contributed by atoms with E-state index in [1.54, 1.807) is 6.07 Å². The van der Waals surface area contributed by atoms with Crippen LogP contribution in [0.2, 0.25) is 0 Å². The number of hydrogen-bond acceptors (Lipinski definition) is 1. The molecule has 0 aliphatic heterocycles. The molecular formula is C26H33N. The summed E-state index contributed by atoms with van der Waals surface area (Å²) in [6, 6.07) is 8.78. The summed E-state index contributed by atoms with van der Waals surface area (Å²) in [5.41, 5.74) is 1.98. The molecule has 0 N–H and O–H groups in total. The molecule has 1 fully saturated rings. The van der Waals surface area contributed by atoms with Crippen LogP contribution >= 0.6 is 0 Å². The predicted molar refractivity (Wildman–Crippen MR) is 115 cm³/mol. The highest BCUT2D eigenvalue weighted by Gasteiger charge is 2.20. The van der Waals surface area contributed by atoms with Gasteiger partial charge in [0, 0.05) is 0 Å². The first-order valence-electron chi connectivity index (χ1n) is 12.6. The topological polar surface area (TPSA) is 23.8 Å². The lowest BCUT2D eigenvalue weighted by Gasteiger charge is -2.28. The van der Waals surface area contributed by atoms with Gasteiger partial charge in [-0.25, -0.2) is 0 Å². The fraction of sp³-hybridized carbons (Fsp3) is 0.500. The summed E-state index contributed by atoms with van der Waals surface area (Å²) in [7, 11) is 0. The standard InChI is InChI=1S/C26H33N/c1-2-3-4-5-21-6-8-22(9-7-21)10-11-23-12-16-25(17-13-23)26-18-14-24(20-27)15-19-26/h12-19,21-22H,2-11H2,1H3/i14D,15D,18D,19D. The molecule has 27 heavy (non-hydrogen) atoms. The molecule has 0 amide bonds. The molecule has 1 nitrogen and oxygen atoms in total. The lowest BCUT2D eigenvalue weighted by molar-refractivity contribution is 0.249. The monoisotopic (exact) mass is 363 g/mol. The quantitative estimate of drug-likeness (QED) is 0.444. The van der Waals surface area contributed by atoms with Crippen molar-refractivity contribution < 1.29 is 5.48 Å². The summed E-state index contributed by atoms with van der Waals surface area (Å²) in [4.78, 5) is 0. The first-order valence-corrected chi connectivity index (χ1v) is 10.6. The maximum atomic E-state index is 9.12. The highest BCUT2D eigenvalue weighted by atomic mass is 14.3. The average Bonchev–Trinajstić information content (AvgIpc) is 2.79. The Morgan fingerprint density at radius 2 is 1.52 bits per heavy atom. The van der Waals surface area contributed by atoms with Gasteiger partial charge in [0.2, 0.25) is 0 Å². The van der Waals surface area contributed by atoms with Gasteiger partial charge in [-0.1, -0.05) is 94.6 Å². The largest absolute Gasteiger partial charge is 0.192 e. The summed E-state index contributed by atoms with van der Waals surface area (Å²) in [5, 5.41) is 9.12. The summed E-state index contributed by atoms with van der Waals surface area (Å²) in [5.74, 6) is 1.76. The van der Waals surface area contributed by atoms with Crippen LogP contribution < -0.4 is 0 Å². The van der Waals surface area contributed by atoms with E-state index in [2.05, 4.69) is 6.92 Å². The van der Waals surface area contributed by atoms with Gasteiger partial charge in [-0.05, 0) is 53.5 Å². The zero-order valence-corrected chi connectivity index (χ0v) is 16.5. The third-order valence-corrected chi connectivity index (χ3v) is 6.00. The molecule has 0 aromatic heterocycles. The van der Waals surface area contributed by atoms with E-state index < -0.39 is 0 Å². The van der Waals surface area contributed by atoms with Crippen molar-refractivity contribution in [3.8, 4) is 17.2 Å². The van der Waals surface area contributed by atoms with Crippen molar-refractivity contribution in [2.24, 2.45) is 11.8 Å². The third-order valence-electron chi connectivity index (χ3n) is 6.00. The van der Waals surface area contributed by atoms with Gasteiger partial charge in [0.1, 0.15) is 0 Å². The smallest absolute Gasteiger partial charge is 0.0991 e. The van der Waals surface area contributed by atoms with Crippen LogP contribution in [0.3, 0.4) is 0 Å². The molecule has 0 spiro atoms. The van der Waals surface area contributed by atoms with E-state index in [9.17, 15) is 0 Å². The fourth-order valence-electron chi connectivity index (χ4n) is 4.21. The Balaban J connectivity index is 1.59. The van der Waals surface area contributed by atoms with Gasteiger partial charge in [0.15, 0.2) is 0 Å². The van der Waals surface area contributed by atoms with Gasteiger partial charge in [-0.2, -0.15) is 5.26 Å². The van der Waals surface area contributed by atoms with Crippen LogP contribution in [-0.4, -0.2) is 0 Å². The minimum Gasteiger partial charge on any atom is -0.192 e. The molecule has 0 heterocycles. The van der Waals surface area contributed by atoms with Crippen LogP contribution in [0.1, 0.15) is 81.3 Å². The van der Waals surface area contributed by atoms with Crippen molar-refractivity contribution in [2.45, 2.75) is 71.1 Å². The fourth-order valence-corrected chi connectivity index (χ4v) is 4.21. The Morgan fingerprint density at radius 3 is 2.11 bits per heavy atom. The second-order valence-corrected chi connectivity index (χ2v) is 7.98. The van der Waals surface area contributed by atoms with Crippen LogP contribution in [0.25, 0.3) is 11.1 Å². The van der Waals surface area contributed by atoms with Crippen LogP contribution in [0.4, 0.5) is 0 Å². The number of hydrogen-bond donors (Lipinski definition) is 0. The van der Waals surface area contributed by atoms with E-state index in [0.29, 0.717) is 5.56 Å². The molecule has 0 saturated heterocycles. The van der Waals surface area contributed by atoms with Crippen molar-refractivity contribution >= 4 is 0 Å². The zero-order chi connectivity index (χ0) is 22.4. The molecular weight excluding hydrogens is 326 g/mol. The highest BCUT2D eigenvalue weighted by molar-refractivity contribution is 5.64. The number of unbranched alkanes of at least 4 members (excludes halogenated alkanes) is 2. The number of aryl methyl sites for hydroxylation is 1. The van der Waals surface area contributed by atoms with Gasteiger partial charge in [0.25, 0.3) is 0 Å². The Morgan fingerprint density at radius 1 is 0.889 bits per heavy atom. The van der Waals surface area contributed by atoms with Crippen LogP contribution in [-0.2, 0) is 6.42 Å². The molecule has 0 atom stereocenters. The lowest BCUT2D eigenvalue weighted by Crippen LogP contribution is -2.15. The third kappa shape index (κ3) is 5.96. The maximum absolute atomic E-state index is 9.12. The SMILES string of the molecule is [2H]c1c([2H])c(-c2ccc(CCC3CCC(CCCCC)CC3)cc2)c([2H])c([2H])c1C#N. The molecule has 1 aliphatic carbocycles. The van der Waals surface area contributed by atoms with Crippen molar-refractivity contribution in [1.82, 2.24) is 0 Å². The number of nitriles is 1. The van der Waals surface area contributed by atoms with Crippen molar-refractivity contribution in [1.29, 1.82) is 5.26 Å². The Labute approximate surface area is 171 Å². The summed E-state index contributed by atoms with van der Waals surface area (Å²) in [6.07, 6.45) is 13.2. The van der Waals surface area contributed by atoms with Crippen LogP contribution in [0, 0.1) is 23.2 Å². The number of nitrogens with zero attached hydrogens (tertiary/aromatic N) is 1. The molecule has 2 aromatic carbocycles. The first-order chi connectivity index (χ1) is 15.0. The molecule has 1 aliphatic rings. The zero-order valence-electron chi connectivity index (χ0n) is 20.5. The summed E-state index contributed by atoms with van der Waals surface area (Å²) >= 11 is 0. The average molecular weight is 364 g/mol. The van der Waals surface area contributed by atoms with Gasteiger partial charge in [-0.15, -0.1) is 0 Å². The van der Waals surface area contributed by atoms with Gasteiger partial charge in [-0.3, -0.25) is 0 Å². The minimum atomic E-state index is -0.270. The highest BCUT2D eigenvalue weighted by Crippen LogP contribution is 2.34. The summed E-state index contributed by atoms with van der Waals surface area (Å²) in [6.45, 7) is 2.27. The van der Waals surface area contributed by atoms with Gasteiger partial charge in [0.05, 0.1) is 17.1 Å². The number of benzene rings is 2. The van der Waals surface area contributed by atoms with Gasteiger partial charge >= 0.3 is 0 Å². The second kappa shape index (κ2) is 10.3. The molecule has 142 valence electrons. The molecule has 3 rings (SSSR count). The van der Waals surface area contributed by atoms with E-state index in [0.717, 1.165) is 18.3 Å². The van der Waals surface area contributed by atoms with Crippen LogP contribution in [0.5, 0.6) is 0 Å². The van der Waals surface area contributed by atoms with Gasteiger partial charge < -0.3 is 0 Å². The maximum Gasteiger partial charge on any atom is 0.0991 e. The predicted octanol–water partition coefficient (Wildman–Crippen LogP) is 7.54. The van der Waals surface area contributed by atoms with E-state index >= 15 is 0 Å². The lowest BCUT2D eigenvalue weighted by atomic mass is 9.78. The molecule has 1 heteroatoms. The molecule has 0 unspecified atom stereocenters. The number of rotatable bonds is 8. The molecule has 0 radical (unpaired) electrons. The van der Waals surface area contributed by atoms with E-state index in [-0.39, 0.29) is 35.3 Å². The molecule has 0 bridgehead atoms. The van der Waals surface area contributed by atoms with Crippen molar-refractivity contribution in [2.75, 3.05) is 0 Å². The first kappa shape index (κ1) is 14.9. The Hall–Kier alpha value is -2.07. The normalized spacial score (nSPS) is 21.6.